The average molecular weight is 518 g/mol. The summed E-state index contributed by atoms with van der Waals surface area (Å²) in [6, 6.07) is 10.6. The minimum Gasteiger partial charge on any atom is -0.487 e. The molecule has 1 N–H and O–H groups in total. The lowest BCUT2D eigenvalue weighted by Gasteiger charge is -2.09. The van der Waals surface area contributed by atoms with Crippen molar-refractivity contribution in [2.75, 3.05) is 11.6 Å². The smallest absolute Gasteiger partial charge is 0.265 e. The highest BCUT2D eigenvalue weighted by Crippen LogP contribution is 2.32. The summed E-state index contributed by atoms with van der Waals surface area (Å²) in [5.74, 6) is -0.421. The highest BCUT2D eigenvalue weighted by Gasteiger charge is 2.16. The van der Waals surface area contributed by atoms with Crippen LogP contribution in [0.4, 0.5) is 10.1 Å². The Kier molecular flexibility index (Phi) is 6.92. The van der Waals surface area contributed by atoms with Gasteiger partial charge >= 0.3 is 0 Å². The average Bonchev–Trinajstić information content (AvgIpc) is 3.27. The van der Waals surface area contributed by atoms with E-state index in [0.717, 1.165) is 12.5 Å². The number of hydrogen-bond donors (Lipinski definition) is 1. The van der Waals surface area contributed by atoms with E-state index in [4.69, 9.17) is 16.3 Å². The maximum Gasteiger partial charge on any atom is 0.265 e. The Bertz CT molecular complexity index is 1470. The molecule has 4 aromatic rings. The number of hydrogen-bond acceptors (Lipinski definition) is 7. The quantitative estimate of drug-likeness (QED) is 0.360. The van der Waals surface area contributed by atoms with Gasteiger partial charge in [-0.3, -0.25) is 14.8 Å². The maximum absolute atomic E-state index is 13.4. The van der Waals surface area contributed by atoms with Crippen molar-refractivity contribution in [3.8, 4) is 17.0 Å². The molecule has 0 bridgehead atoms. The van der Waals surface area contributed by atoms with E-state index in [2.05, 4.69) is 15.3 Å². The summed E-state index contributed by atoms with van der Waals surface area (Å²) in [6.45, 7) is 0.0956. The Morgan fingerprint density at radius 3 is 2.79 bits per heavy atom. The van der Waals surface area contributed by atoms with Gasteiger partial charge in [0, 0.05) is 45.9 Å². The van der Waals surface area contributed by atoms with Crippen molar-refractivity contribution in [1.29, 1.82) is 0 Å². The molecule has 0 spiro atoms. The minimum atomic E-state index is -3.49. The molecular formula is C23H17ClFN3O4S2. The zero-order valence-electron chi connectivity index (χ0n) is 17.7. The fraction of sp³-hybridized carbons (Fsp3) is 0.0870. The number of halogens is 2. The largest absolute Gasteiger partial charge is 0.487 e. The third-order valence-electron chi connectivity index (χ3n) is 4.58. The molecule has 0 saturated heterocycles. The van der Waals surface area contributed by atoms with Crippen LogP contribution in [-0.2, 0) is 16.4 Å². The molecule has 1 amide bonds. The van der Waals surface area contributed by atoms with E-state index in [0.29, 0.717) is 27.4 Å². The third-order valence-corrected chi connectivity index (χ3v) is 6.82. The molecular weight excluding hydrogens is 501 g/mol. The first-order chi connectivity index (χ1) is 16.2. The third kappa shape index (κ3) is 5.77. The van der Waals surface area contributed by atoms with Crippen LogP contribution in [0.3, 0.4) is 0 Å². The molecule has 7 nitrogen and oxygen atoms in total. The van der Waals surface area contributed by atoms with Gasteiger partial charge in [-0.1, -0.05) is 11.6 Å². The topological polar surface area (TPSA) is 98.2 Å². The standard InChI is InChI=1S/C23H17ClFN3O4S2/c1-34(30,31)19-8-16(24)7-18(9-19)28-23(29)21-6-15(13-33-21)22-20(3-2-4-27-22)32-12-14-5-17(25)11-26-10-14/h2-11,13H,12H2,1H3,(H,28,29). The lowest BCUT2D eigenvalue weighted by atomic mass is 10.2. The first-order valence-corrected chi connectivity index (χ1v) is 12.9. The summed E-state index contributed by atoms with van der Waals surface area (Å²) in [6.07, 6.45) is 5.29. The Morgan fingerprint density at radius 1 is 1.21 bits per heavy atom. The monoisotopic (exact) mass is 517 g/mol. The number of thiophene rings is 1. The number of carbonyl (C=O) groups is 1. The molecule has 0 aliphatic heterocycles. The molecule has 0 unspecified atom stereocenters. The number of sulfone groups is 1. The Hall–Kier alpha value is -3.34. The molecule has 0 aliphatic rings. The molecule has 0 saturated carbocycles. The number of rotatable bonds is 7. The normalized spacial score (nSPS) is 11.3. The van der Waals surface area contributed by atoms with Crippen molar-refractivity contribution in [1.82, 2.24) is 9.97 Å². The number of aromatic nitrogens is 2. The van der Waals surface area contributed by atoms with Crippen LogP contribution in [0.25, 0.3) is 11.3 Å². The van der Waals surface area contributed by atoms with Gasteiger partial charge in [0.1, 0.15) is 23.9 Å². The summed E-state index contributed by atoms with van der Waals surface area (Å²) in [7, 11) is -3.49. The van der Waals surface area contributed by atoms with Crippen LogP contribution in [0.2, 0.25) is 5.02 Å². The number of pyridine rings is 2. The zero-order chi connectivity index (χ0) is 24.3. The number of carbonyl (C=O) groups excluding carboxylic acids is 1. The second-order valence-electron chi connectivity index (χ2n) is 7.25. The number of nitrogens with zero attached hydrogens (tertiary/aromatic N) is 2. The molecule has 34 heavy (non-hydrogen) atoms. The highest BCUT2D eigenvalue weighted by molar-refractivity contribution is 7.90. The SMILES string of the molecule is CS(=O)(=O)c1cc(Cl)cc(NC(=O)c2cc(-c3ncccc3OCc3cncc(F)c3)cs2)c1. The van der Waals surface area contributed by atoms with E-state index >= 15 is 0 Å². The molecule has 11 heteroatoms. The van der Waals surface area contributed by atoms with E-state index in [1.807, 2.05) is 0 Å². The predicted octanol–water partition coefficient (Wildman–Crippen LogP) is 5.23. The lowest BCUT2D eigenvalue weighted by Crippen LogP contribution is -2.11. The van der Waals surface area contributed by atoms with E-state index < -0.39 is 21.6 Å². The lowest BCUT2D eigenvalue weighted by molar-refractivity contribution is 0.103. The zero-order valence-corrected chi connectivity index (χ0v) is 20.0. The highest BCUT2D eigenvalue weighted by atomic mass is 35.5. The van der Waals surface area contributed by atoms with Gasteiger partial charge in [0.25, 0.3) is 5.91 Å². The maximum atomic E-state index is 13.4. The van der Waals surface area contributed by atoms with Gasteiger partial charge in [0.05, 0.1) is 16.0 Å². The van der Waals surface area contributed by atoms with Gasteiger partial charge in [-0.2, -0.15) is 0 Å². The summed E-state index contributed by atoms with van der Waals surface area (Å²) in [5.41, 5.74) is 2.00. The minimum absolute atomic E-state index is 0.00550. The number of amides is 1. The Morgan fingerprint density at radius 2 is 2.03 bits per heavy atom. The molecule has 4 rings (SSSR count). The Labute approximate surface area is 204 Å². The molecule has 3 heterocycles. The van der Waals surface area contributed by atoms with Crippen molar-refractivity contribution in [2.24, 2.45) is 0 Å². The van der Waals surface area contributed by atoms with Crippen molar-refractivity contribution in [3.63, 3.8) is 0 Å². The number of benzene rings is 1. The molecule has 0 radical (unpaired) electrons. The van der Waals surface area contributed by atoms with E-state index in [1.54, 1.807) is 29.8 Å². The molecule has 3 aromatic heterocycles. The van der Waals surface area contributed by atoms with Gasteiger partial charge in [-0.05, 0) is 42.5 Å². The first kappa shape index (κ1) is 23.8. The second-order valence-corrected chi connectivity index (χ2v) is 10.6. The predicted molar refractivity (Wildman–Crippen MR) is 129 cm³/mol. The van der Waals surface area contributed by atoms with Crippen molar-refractivity contribution in [3.05, 3.63) is 87.7 Å². The summed E-state index contributed by atoms with van der Waals surface area (Å²) in [5, 5.41) is 4.62. The first-order valence-electron chi connectivity index (χ1n) is 9.77. The number of nitrogens with one attached hydrogen (secondary N) is 1. The fourth-order valence-electron chi connectivity index (χ4n) is 3.04. The van der Waals surface area contributed by atoms with Gasteiger partial charge in [-0.25, -0.2) is 12.8 Å². The molecule has 1 aromatic carbocycles. The molecule has 174 valence electrons. The summed E-state index contributed by atoms with van der Waals surface area (Å²) < 4.78 is 42.9. The van der Waals surface area contributed by atoms with Crippen LogP contribution in [-0.4, -0.2) is 30.5 Å². The van der Waals surface area contributed by atoms with Crippen LogP contribution < -0.4 is 10.1 Å². The van der Waals surface area contributed by atoms with Crippen LogP contribution in [0.1, 0.15) is 15.2 Å². The van der Waals surface area contributed by atoms with Crippen LogP contribution in [0.15, 0.2) is 71.3 Å². The van der Waals surface area contributed by atoms with Crippen molar-refractivity contribution < 1.29 is 22.3 Å². The summed E-state index contributed by atoms with van der Waals surface area (Å²) >= 11 is 7.20. The van der Waals surface area contributed by atoms with Crippen LogP contribution in [0, 0.1) is 5.82 Å². The van der Waals surface area contributed by atoms with Crippen molar-refractivity contribution >= 4 is 44.4 Å². The number of ether oxygens (including phenoxy) is 1. The van der Waals surface area contributed by atoms with Gasteiger partial charge in [-0.15, -0.1) is 11.3 Å². The Balaban J connectivity index is 1.53. The summed E-state index contributed by atoms with van der Waals surface area (Å²) in [4.78, 5) is 21.3. The van der Waals surface area contributed by atoms with E-state index in [-0.39, 0.29) is 22.2 Å². The van der Waals surface area contributed by atoms with Crippen LogP contribution >= 0.6 is 22.9 Å². The van der Waals surface area contributed by atoms with Gasteiger partial charge in [0.2, 0.25) is 0 Å². The fourth-order valence-corrected chi connectivity index (χ4v) is 4.81. The number of anilines is 1. The van der Waals surface area contributed by atoms with Gasteiger partial charge in [0.15, 0.2) is 9.84 Å². The molecule has 0 fully saturated rings. The van der Waals surface area contributed by atoms with Gasteiger partial charge < -0.3 is 10.1 Å². The van der Waals surface area contributed by atoms with Crippen LogP contribution in [0.5, 0.6) is 5.75 Å². The van der Waals surface area contributed by atoms with Crippen molar-refractivity contribution in [2.45, 2.75) is 11.5 Å². The van der Waals surface area contributed by atoms with E-state index in [1.165, 1.54) is 41.8 Å². The molecule has 0 aliphatic carbocycles. The van der Waals surface area contributed by atoms with E-state index in [9.17, 15) is 17.6 Å². The second kappa shape index (κ2) is 9.88. The molecule has 0 atom stereocenters.